The van der Waals surface area contributed by atoms with E-state index in [1.54, 1.807) is 18.3 Å². The number of sulfonamides is 1. The molecule has 28 heavy (non-hydrogen) atoms. The zero-order chi connectivity index (χ0) is 19.7. The number of benzene rings is 1. The van der Waals surface area contributed by atoms with E-state index in [1.165, 1.54) is 15.6 Å². The van der Waals surface area contributed by atoms with Crippen molar-refractivity contribution in [1.29, 1.82) is 0 Å². The maximum atomic E-state index is 12.9. The van der Waals surface area contributed by atoms with Crippen LogP contribution in [0.2, 0.25) is 0 Å². The number of carbonyl (C=O) groups excluding carboxylic acids is 1. The zero-order valence-corrected chi connectivity index (χ0v) is 17.1. The summed E-state index contributed by atoms with van der Waals surface area (Å²) in [5, 5.41) is 3.90. The predicted molar refractivity (Wildman–Crippen MR) is 111 cm³/mol. The van der Waals surface area contributed by atoms with Gasteiger partial charge in [-0.05, 0) is 44.0 Å². The SMILES string of the molecule is Cc1ccc(S(=O)(=O)N2CCC[C@H](C(=O)Nc3cccc4cccnc34)C2)s1. The first-order valence-corrected chi connectivity index (χ1v) is 11.4. The number of carbonyl (C=O) groups is 1. The molecule has 2 aromatic heterocycles. The maximum absolute atomic E-state index is 12.9. The second-order valence-electron chi connectivity index (χ2n) is 6.94. The fourth-order valence-electron chi connectivity index (χ4n) is 3.49. The molecule has 0 unspecified atom stereocenters. The normalized spacial score (nSPS) is 18.2. The largest absolute Gasteiger partial charge is 0.324 e. The fourth-order valence-corrected chi connectivity index (χ4v) is 6.45. The molecule has 146 valence electrons. The van der Waals surface area contributed by atoms with Gasteiger partial charge < -0.3 is 5.32 Å². The Labute approximate surface area is 168 Å². The monoisotopic (exact) mass is 415 g/mol. The summed E-state index contributed by atoms with van der Waals surface area (Å²) in [4.78, 5) is 18.2. The van der Waals surface area contributed by atoms with Crippen LogP contribution >= 0.6 is 11.3 Å². The van der Waals surface area contributed by atoms with Crippen molar-refractivity contribution in [2.45, 2.75) is 24.0 Å². The molecule has 6 nitrogen and oxygen atoms in total. The number of nitrogens with one attached hydrogen (secondary N) is 1. The van der Waals surface area contributed by atoms with Crippen LogP contribution in [0.1, 0.15) is 17.7 Å². The van der Waals surface area contributed by atoms with Crippen molar-refractivity contribution in [2.75, 3.05) is 18.4 Å². The highest BCUT2D eigenvalue weighted by atomic mass is 32.2. The van der Waals surface area contributed by atoms with Gasteiger partial charge >= 0.3 is 0 Å². The fraction of sp³-hybridized carbons (Fsp3) is 0.300. The summed E-state index contributed by atoms with van der Waals surface area (Å²) in [5.74, 6) is -0.552. The third kappa shape index (κ3) is 3.67. The predicted octanol–water partition coefficient (Wildman–Crippen LogP) is 3.64. The molecule has 0 spiro atoms. The standard InChI is InChI=1S/C20H21N3O3S2/c1-14-9-10-18(27-14)28(25,26)23-12-4-7-16(13-23)20(24)22-17-8-2-5-15-6-3-11-21-19(15)17/h2-3,5-6,8-11,16H,4,7,12-13H2,1H3,(H,22,24)/t16-/m0/s1. The number of piperidine rings is 1. The van der Waals surface area contributed by atoms with Crippen molar-refractivity contribution < 1.29 is 13.2 Å². The van der Waals surface area contributed by atoms with Crippen LogP contribution in [0, 0.1) is 12.8 Å². The lowest BCUT2D eigenvalue weighted by molar-refractivity contribution is -0.120. The Morgan fingerprint density at radius 3 is 2.82 bits per heavy atom. The van der Waals surface area contributed by atoms with Crippen molar-refractivity contribution in [3.63, 3.8) is 0 Å². The quantitative estimate of drug-likeness (QED) is 0.705. The van der Waals surface area contributed by atoms with Crippen molar-refractivity contribution in [3.05, 3.63) is 53.5 Å². The number of amides is 1. The summed E-state index contributed by atoms with van der Waals surface area (Å²) >= 11 is 1.26. The number of hydrogen-bond acceptors (Lipinski definition) is 5. The highest BCUT2D eigenvalue weighted by Gasteiger charge is 2.34. The van der Waals surface area contributed by atoms with E-state index in [0.717, 1.165) is 15.8 Å². The molecule has 3 heterocycles. The number of fused-ring (bicyclic) bond motifs is 1. The number of para-hydroxylation sites is 1. The molecule has 0 aliphatic carbocycles. The molecular weight excluding hydrogens is 394 g/mol. The third-order valence-electron chi connectivity index (χ3n) is 4.96. The number of rotatable bonds is 4. The molecule has 0 radical (unpaired) electrons. The Bertz CT molecular complexity index is 1120. The summed E-state index contributed by atoms with van der Waals surface area (Å²) in [6.45, 7) is 2.52. The Balaban J connectivity index is 1.52. The van der Waals surface area contributed by atoms with Gasteiger partial charge in [-0.15, -0.1) is 11.3 Å². The van der Waals surface area contributed by atoms with Gasteiger partial charge in [-0.3, -0.25) is 9.78 Å². The molecule has 1 amide bonds. The van der Waals surface area contributed by atoms with E-state index in [9.17, 15) is 13.2 Å². The first-order valence-electron chi connectivity index (χ1n) is 9.16. The summed E-state index contributed by atoms with van der Waals surface area (Å²) in [7, 11) is -3.56. The lowest BCUT2D eigenvalue weighted by atomic mass is 9.98. The molecule has 0 saturated carbocycles. The number of hydrogen-bond donors (Lipinski definition) is 1. The molecule has 1 aromatic carbocycles. The molecule has 0 bridgehead atoms. The summed E-state index contributed by atoms with van der Waals surface area (Å²) in [6.07, 6.45) is 3.02. The van der Waals surface area contributed by atoms with Crippen molar-refractivity contribution in [2.24, 2.45) is 5.92 Å². The number of aryl methyl sites for hydroxylation is 1. The second-order valence-corrected chi connectivity index (χ2v) is 10.4. The third-order valence-corrected chi connectivity index (χ3v) is 8.29. The number of thiophene rings is 1. The van der Waals surface area contributed by atoms with Gasteiger partial charge in [-0.1, -0.05) is 18.2 Å². The van der Waals surface area contributed by atoms with E-state index < -0.39 is 10.0 Å². The second kappa shape index (κ2) is 7.62. The van der Waals surface area contributed by atoms with E-state index in [-0.39, 0.29) is 18.4 Å². The topological polar surface area (TPSA) is 79.4 Å². The molecule has 1 aliphatic heterocycles. The molecular formula is C20H21N3O3S2. The number of pyridine rings is 1. The maximum Gasteiger partial charge on any atom is 0.252 e. The first kappa shape index (κ1) is 19.0. The van der Waals surface area contributed by atoms with Crippen molar-refractivity contribution in [1.82, 2.24) is 9.29 Å². The molecule has 1 N–H and O–H groups in total. The van der Waals surface area contributed by atoms with Crippen LogP contribution in [0.3, 0.4) is 0 Å². The number of anilines is 1. The smallest absolute Gasteiger partial charge is 0.252 e. The van der Waals surface area contributed by atoms with Crippen LogP contribution in [0.5, 0.6) is 0 Å². The lowest BCUT2D eigenvalue weighted by Crippen LogP contribution is -2.43. The van der Waals surface area contributed by atoms with Crippen LogP contribution in [0.25, 0.3) is 10.9 Å². The van der Waals surface area contributed by atoms with Crippen molar-refractivity contribution >= 4 is 43.9 Å². The number of aromatic nitrogens is 1. The Morgan fingerprint density at radius 2 is 2.04 bits per heavy atom. The Kier molecular flexibility index (Phi) is 5.18. The average Bonchev–Trinajstić information content (AvgIpc) is 3.15. The van der Waals surface area contributed by atoms with Gasteiger partial charge in [0.05, 0.1) is 17.1 Å². The summed E-state index contributed by atoms with van der Waals surface area (Å²) in [5.41, 5.74) is 1.38. The minimum Gasteiger partial charge on any atom is -0.324 e. The molecule has 4 rings (SSSR count). The van der Waals surface area contributed by atoms with Crippen LogP contribution in [0.4, 0.5) is 5.69 Å². The van der Waals surface area contributed by atoms with Gasteiger partial charge in [0.2, 0.25) is 5.91 Å². The van der Waals surface area contributed by atoms with Gasteiger partial charge in [-0.25, -0.2) is 8.42 Å². The van der Waals surface area contributed by atoms with E-state index in [0.29, 0.717) is 29.3 Å². The minimum absolute atomic E-state index is 0.166. The lowest BCUT2D eigenvalue weighted by Gasteiger charge is -2.30. The number of nitrogens with zero attached hydrogens (tertiary/aromatic N) is 2. The molecule has 3 aromatic rings. The van der Waals surface area contributed by atoms with Gasteiger partial charge in [0.25, 0.3) is 10.0 Å². The molecule has 8 heteroatoms. The van der Waals surface area contributed by atoms with E-state index in [1.807, 2.05) is 37.3 Å². The highest BCUT2D eigenvalue weighted by molar-refractivity contribution is 7.91. The van der Waals surface area contributed by atoms with Crippen LogP contribution in [-0.2, 0) is 14.8 Å². The Hall–Kier alpha value is -2.29. The van der Waals surface area contributed by atoms with E-state index in [4.69, 9.17) is 0 Å². The minimum atomic E-state index is -3.56. The van der Waals surface area contributed by atoms with Gasteiger partial charge in [-0.2, -0.15) is 4.31 Å². The van der Waals surface area contributed by atoms with Crippen LogP contribution in [0.15, 0.2) is 52.9 Å². The highest BCUT2D eigenvalue weighted by Crippen LogP contribution is 2.29. The van der Waals surface area contributed by atoms with E-state index in [2.05, 4.69) is 10.3 Å². The summed E-state index contributed by atoms with van der Waals surface area (Å²) in [6, 6.07) is 12.9. The molecule has 1 saturated heterocycles. The van der Waals surface area contributed by atoms with E-state index >= 15 is 0 Å². The van der Waals surface area contributed by atoms with Gasteiger partial charge in [0.15, 0.2) is 0 Å². The Morgan fingerprint density at radius 1 is 1.21 bits per heavy atom. The van der Waals surface area contributed by atoms with Gasteiger partial charge in [0, 0.05) is 29.5 Å². The molecule has 1 fully saturated rings. The first-order chi connectivity index (χ1) is 13.4. The van der Waals surface area contributed by atoms with Crippen molar-refractivity contribution in [3.8, 4) is 0 Å². The van der Waals surface area contributed by atoms with Crippen LogP contribution in [-0.4, -0.2) is 36.7 Å². The van der Waals surface area contributed by atoms with Crippen LogP contribution < -0.4 is 5.32 Å². The average molecular weight is 416 g/mol. The molecule has 1 atom stereocenters. The van der Waals surface area contributed by atoms with Gasteiger partial charge in [0.1, 0.15) is 4.21 Å². The molecule has 1 aliphatic rings. The summed E-state index contributed by atoms with van der Waals surface area (Å²) < 4.78 is 27.6. The zero-order valence-electron chi connectivity index (χ0n) is 15.5.